The predicted octanol–water partition coefficient (Wildman–Crippen LogP) is 20.4. The first kappa shape index (κ1) is 64.4. The van der Waals surface area contributed by atoms with Gasteiger partial charge in [-0.05, 0) is 70.6 Å². The highest BCUT2D eigenvalue weighted by atomic mass is 16.5. The zero-order chi connectivity index (χ0) is 48.4. The second-order valence-corrected chi connectivity index (χ2v) is 24.0. The van der Waals surface area contributed by atoms with Crippen LogP contribution in [0, 0.1) is 16.7 Å². The van der Waals surface area contributed by atoms with Crippen LogP contribution in [-0.4, -0.2) is 37.4 Å². The third-order valence-electron chi connectivity index (χ3n) is 15.3. The Morgan fingerprint density at radius 1 is 0.431 bits per heavy atom. The van der Waals surface area contributed by atoms with E-state index in [0.717, 1.165) is 45.1 Å². The lowest BCUT2D eigenvalue weighted by Crippen LogP contribution is -2.42. The molecule has 0 aliphatic heterocycles. The summed E-state index contributed by atoms with van der Waals surface area (Å²) >= 11 is 0. The van der Waals surface area contributed by atoms with Crippen LogP contribution in [0.15, 0.2) is 0 Å². The van der Waals surface area contributed by atoms with E-state index in [2.05, 4.69) is 74.6 Å². The third-order valence-corrected chi connectivity index (χ3v) is 15.3. The van der Waals surface area contributed by atoms with E-state index in [4.69, 9.17) is 9.47 Å². The van der Waals surface area contributed by atoms with E-state index in [-0.39, 0.29) is 27.9 Å². The van der Waals surface area contributed by atoms with Gasteiger partial charge in [-0.3, -0.25) is 4.79 Å². The van der Waals surface area contributed by atoms with Crippen molar-refractivity contribution in [2.45, 2.75) is 350 Å². The van der Waals surface area contributed by atoms with E-state index in [0.29, 0.717) is 12.5 Å². The maximum absolute atomic E-state index is 14.0. The van der Waals surface area contributed by atoms with Gasteiger partial charge in [0.05, 0.1) is 17.8 Å². The van der Waals surface area contributed by atoms with Crippen molar-refractivity contribution < 1.29 is 14.3 Å². The van der Waals surface area contributed by atoms with Crippen molar-refractivity contribution in [3.8, 4) is 0 Å². The highest BCUT2D eigenvalue weighted by Gasteiger charge is 2.37. The van der Waals surface area contributed by atoms with Gasteiger partial charge in [-0.2, -0.15) is 0 Å². The Labute approximate surface area is 411 Å². The zero-order valence-corrected chi connectivity index (χ0v) is 46.9. The smallest absolute Gasteiger partial charge is 0.223 e. The SMILES string of the molecule is CCCCCCCCCCCCCCCCCCCCC(CCCCCCCCCCCCCCCCCCCC)C(=O)NCC(C)(C)CC(C)(CC)CC(C)(C)OCCC(C)(C)OC. The Balaban J connectivity index is 4.72. The maximum atomic E-state index is 14.0. The van der Waals surface area contributed by atoms with E-state index in [9.17, 15) is 4.79 Å². The number of nitrogens with one attached hydrogen (secondary N) is 1. The summed E-state index contributed by atoms with van der Waals surface area (Å²) in [6.07, 6.45) is 56.6. The normalized spacial score (nSPS) is 13.5. The van der Waals surface area contributed by atoms with Crippen LogP contribution in [0.1, 0.15) is 339 Å². The number of amides is 1. The van der Waals surface area contributed by atoms with Gasteiger partial charge < -0.3 is 14.8 Å². The molecule has 0 rings (SSSR count). The largest absolute Gasteiger partial charge is 0.379 e. The molecule has 0 aromatic heterocycles. The summed E-state index contributed by atoms with van der Waals surface area (Å²) in [5.74, 6) is 0.480. The molecule has 0 radical (unpaired) electrons. The highest BCUT2D eigenvalue weighted by molar-refractivity contribution is 5.78. The lowest BCUT2D eigenvalue weighted by molar-refractivity contribution is -0.126. The first-order valence-electron chi connectivity index (χ1n) is 29.6. The Kier molecular flexibility index (Phi) is 41.9. The molecule has 0 bridgehead atoms. The van der Waals surface area contributed by atoms with Crippen molar-refractivity contribution in [3.63, 3.8) is 0 Å². The van der Waals surface area contributed by atoms with Gasteiger partial charge in [0.15, 0.2) is 0 Å². The molecule has 0 spiro atoms. The van der Waals surface area contributed by atoms with Crippen molar-refractivity contribution in [3.05, 3.63) is 0 Å². The van der Waals surface area contributed by atoms with Crippen LogP contribution in [0.2, 0.25) is 0 Å². The second kappa shape index (κ2) is 42.3. The van der Waals surface area contributed by atoms with Crippen LogP contribution in [0.5, 0.6) is 0 Å². The number of rotatable bonds is 51. The zero-order valence-electron chi connectivity index (χ0n) is 46.9. The summed E-state index contributed by atoms with van der Waals surface area (Å²) < 4.78 is 12.1. The summed E-state index contributed by atoms with van der Waals surface area (Å²) in [5.41, 5.74) is -0.231. The highest BCUT2D eigenvalue weighted by Crippen LogP contribution is 2.43. The molecule has 65 heavy (non-hydrogen) atoms. The molecule has 0 saturated carbocycles. The standard InChI is InChI=1S/C61H123NO3/c1-12-15-17-19-21-23-25-27-29-31-33-35-37-39-41-43-45-47-49-56(50-48-46-44-42-40-38-36-34-32-30-28-26-24-22-20-18-16-13-2)57(63)62-55-58(4,5)53-61(10,14-3)54-60(8,9)65-52-51-59(6,7)64-11/h56H,12-55H2,1-11H3,(H,62,63). The number of hydrogen-bond donors (Lipinski definition) is 1. The minimum absolute atomic E-state index is 0.0141. The molecular weight excluding hydrogens is 795 g/mol. The predicted molar refractivity (Wildman–Crippen MR) is 290 cm³/mol. The van der Waals surface area contributed by atoms with Crippen LogP contribution in [-0.2, 0) is 14.3 Å². The maximum Gasteiger partial charge on any atom is 0.223 e. The molecule has 0 heterocycles. The van der Waals surface area contributed by atoms with Crippen molar-refractivity contribution in [1.29, 1.82) is 0 Å². The van der Waals surface area contributed by atoms with Crippen molar-refractivity contribution in [2.24, 2.45) is 16.7 Å². The molecule has 0 aromatic rings. The van der Waals surface area contributed by atoms with Crippen LogP contribution in [0.25, 0.3) is 0 Å². The molecule has 1 amide bonds. The van der Waals surface area contributed by atoms with Crippen molar-refractivity contribution >= 4 is 5.91 Å². The van der Waals surface area contributed by atoms with E-state index in [1.54, 1.807) is 7.11 Å². The van der Waals surface area contributed by atoms with Crippen LogP contribution in [0.3, 0.4) is 0 Å². The minimum Gasteiger partial charge on any atom is -0.379 e. The van der Waals surface area contributed by atoms with Gasteiger partial charge >= 0.3 is 0 Å². The summed E-state index contributed by atoms with van der Waals surface area (Å²) in [6.45, 7) is 24.3. The van der Waals surface area contributed by atoms with Gasteiger partial charge in [0, 0.05) is 19.6 Å². The Morgan fingerprint density at radius 3 is 1.03 bits per heavy atom. The van der Waals surface area contributed by atoms with Crippen molar-refractivity contribution in [2.75, 3.05) is 20.3 Å². The fourth-order valence-electron chi connectivity index (χ4n) is 10.7. The summed E-state index contributed by atoms with van der Waals surface area (Å²) in [5, 5.41) is 3.52. The van der Waals surface area contributed by atoms with E-state index in [1.807, 2.05) is 0 Å². The Bertz CT molecular complexity index is 980. The second-order valence-electron chi connectivity index (χ2n) is 24.0. The topological polar surface area (TPSA) is 47.6 Å². The molecule has 0 aliphatic rings. The molecule has 1 unspecified atom stereocenters. The van der Waals surface area contributed by atoms with Crippen LogP contribution >= 0.6 is 0 Å². The number of unbranched alkanes of at least 4 members (excludes halogenated alkanes) is 34. The first-order chi connectivity index (χ1) is 31.1. The van der Waals surface area contributed by atoms with Crippen LogP contribution < -0.4 is 5.32 Å². The number of methoxy groups -OCH3 is 1. The van der Waals surface area contributed by atoms with Crippen molar-refractivity contribution in [1.82, 2.24) is 5.32 Å². The monoisotopic (exact) mass is 918 g/mol. The Hall–Kier alpha value is -0.610. The molecule has 4 nitrogen and oxygen atoms in total. The van der Waals surface area contributed by atoms with E-state index < -0.39 is 0 Å². The number of carbonyl (C=O) groups is 1. The molecule has 4 heteroatoms. The molecular formula is C61H123NO3. The third kappa shape index (κ3) is 42.0. The molecule has 0 fully saturated rings. The minimum atomic E-state index is -0.210. The number of hydrogen-bond acceptors (Lipinski definition) is 3. The molecule has 390 valence electrons. The van der Waals surface area contributed by atoms with Crippen LogP contribution in [0.4, 0.5) is 0 Å². The Morgan fingerprint density at radius 2 is 0.738 bits per heavy atom. The molecule has 0 saturated heterocycles. The first-order valence-corrected chi connectivity index (χ1v) is 29.6. The number of ether oxygens (including phenoxy) is 2. The molecule has 0 aliphatic carbocycles. The molecule has 1 atom stereocenters. The van der Waals surface area contributed by atoms with Gasteiger partial charge in [0.2, 0.25) is 5.91 Å². The lowest BCUT2D eigenvalue weighted by atomic mass is 9.68. The summed E-state index contributed by atoms with van der Waals surface area (Å²) in [4.78, 5) is 14.0. The quantitative estimate of drug-likeness (QED) is 0.0619. The van der Waals surface area contributed by atoms with E-state index in [1.165, 1.54) is 231 Å². The summed E-state index contributed by atoms with van der Waals surface area (Å²) in [7, 11) is 1.78. The van der Waals surface area contributed by atoms with Gasteiger partial charge in [-0.15, -0.1) is 0 Å². The fraction of sp³-hybridized carbons (Fsp3) is 0.984. The van der Waals surface area contributed by atoms with E-state index >= 15 is 0 Å². The average Bonchev–Trinajstić information content (AvgIpc) is 3.26. The van der Waals surface area contributed by atoms with Gasteiger partial charge in [-0.1, -0.05) is 279 Å². The summed E-state index contributed by atoms with van der Waals surface area (Å²) in [6, 6.07) is 0. The number of carbonyl (C=O) groups excluding carboxylic acids is 1. The fourth-order valence-corrected chi connectivity index (χ4v) is 10.7. The lowest BCUT2D eigenvalue weighted by Gasteiger charge is -2.42. The van der Waals surface area contributed by atoms with Gasteiger partial charge in [-0.25, -0.2) is 0 Å². The molecule has 1 N–H and O–H groups in total. The van der Waals surface area contributed by atoms with Gasteiger partial charge in [0.25, 0.3) is 0 Å². The average molecular weight is 919 g/mol. The van der Waals surface area contributed by atoms with Gasteiger partial charge in [0.1, 0.15) is 0 Å². The molecule has 0 aromatic carbocycles.